The van der Waals surface area contributed by atoms with E-state index >= 15 is 0 Å². The minimum atomic E-state index is -4.35. The third kappa shape index (κ3) is 58.8. The largest absolute Gasteiger partial charge is 0.472 e. The van der Waals surface area contributed by atoms with Gasteiger partial charge in [-0.3, -0.25) is 13.8 Å². The van der Waals surface area contributed by atoms with E-state index in [2.05, 4.69) is 19.2 Å². The Balaban J connectivity index is 4.07. The zero-order valence-corrected chi connectivity index (χ0v) is 50.8. The van der Waals surface area contributed by atoms with E-state index in [-0.39, 0.29) is 19.1 Å². The highest BCUT2D eigenvalue weighted by Crippen LogP contribution is 2.43. The minimum absolute atomic E-state index is 0.0654. The zero-order chi connectivity index (χ0) is 53.5. The normalized spacial score (nSPS) is 13.8. The minimum Gasteiger partial charge on any atom is -0.387 e. The van der Waals surface area contributed by atoms with Gasteiger partial charge in [-0.25, -0.2) is 4.57 Å². The number of phosphoric acid groups is 1. The number of unbranched alkanes of at least 4 members (excludes halogenated alkanes) is 48. The summed E-state index contributed by atoms with van der Waals surface area (Å²) >= 11 is 0. The Hall–Kier alpha value is -0.760. The molecule has 0 aliphatic heterocycles. The molecule has 0 saturated carbocycles. The van der Waals surface area contributed by atoms with E-state index in [1.807, 2.05) is 27.2 Å². The van der Waals surface area contributed by atoms with E-state index in [1.54, 1.807) is 6.08 Å². The molecule has 0 heterocycles. The van der Waals surface area contributed by atoms with Gasteiger partial charge in [0.05, 0.1) is 39.9 Å². The first kappa shape index (κ1) is 72.2. The van der Waals surface area contributed by atoms with Crippen molar-refractivity contribution in [1.82, 2.24) is 5.32 Å². The molecule has 8 nitrogen and oxygen atoms in total. The first-order valence-corrected chi connectivity index (χ1v) is 34.1. The van der Waals surface area contributed by atoms with Crippen molar-refractivity contribution in [1.29, 1.82) is 0 Å². The van der Waals surface area contributed by atoms with Gasteiger partial charge in [0.25, 0.3) is 0 Å². The lowest BCUT2D eigenvalue weighted by molar-refractivity contribution is -0.870. The van der Waals surface area contributed by atoms with Crippen molar-refractivity contribution in [2.75, 3.05) is 40.9 Å². The molecule has 0 spiro atoms. The summed E-state index contributed by atoms with van der Waals surface area (Å²) in [6.45, 7) is 4.88. The fourth-order valence-corrected chi connectivity index (χ4v) is 10.9. The number of likely N-dealkylation sites (N-methyl/N-ethyl adjacent to an activating group) is 1. The van der Waals surface area contributed by atoms with Gasteiger partial charge in [0.15, 0.2) is 0 Å². The number of nitrogens with one attached hydrogen (secondary N) is 1. The Morgan fingerprint density at radius 3 is 1.01 bits per heavy atom. The lowest BCUT2D eigenvalue weighted by atomic mass is 10.0. The number of rotatable bonds is 61. The van der Waals surface area contributed by atoms with Crippen LogP contribution in [0.4, 0.5) is 0 Å². The molecule has 73 heavy (non-hydrogen) atoms. The summed E-state index contributed by atoms with van der Waals surface area (Å²) in [6, 6.07) is -0.843. The smallest absolute Gasteiger partial charge is 0.387 e. The molecule has 0 aromatic heterocycles. The van der Waals surface area contributed by atoms with Crippen molar-refractivity contribution in [2.24, 2.45) is 0 Å². The maximum absolute atomic E-state index is 13.0. The summed E-state index contributed by atoms with van der Waals surface area (Å²) in [5, 5.41) is 14.0. The number of hydrogen-bond acceptors (Lipinski definition) is 5. The van der Waals surface area contributed by atoms with Crippen LogP contribution in [-0.2, 0) is 18.4 Å². The van der Waals surface area contributed by atoms with Gasteiger partial charge in [0, 0.05) is 6.42 Å². The van der Waals surface area contributed by atoms with Crippen LogP contribution < -0.4 is 5.32 Å². The van der Waals surface area contributed by atoms with E-state index in [1.165, 1.54) is 289 Å². The van der Waals surface area contributed by atoms with Crippen LogP contribution >= 0.6 is 7.82 Å². The Labute approximate surface area is 456 Å². The number of quaternary nitrogens is 1. The highest BCUT2D eigenvalue weighted by Gasteiger charge is 2.28. The predicted molar refractivity (Wildman–Crippen MR) is 319 cm³/mol. The van der Waals surface area contributed by atoms with Crippen molar-refractivity contribution in [3.63, 3.8) is 0 Å². The van der Waals surface area contributed by atoms with Crippen LogP contribution in [0.2, 0.25) is 0 Å². The molecule has 0 radical (unpaired) electrons. The van der Waals surface area contributed by atoms with Gasteiger partial charge in [-0.15, -0.1) is 0 Å². The van der Waals surface area contributed by atoms with E-state index in [0.29, 0.717) is 17.4 Å². The number of phosphoric ester groups is 1. The molecule has 9 heteroatoms. The van der Waals surface area contributed by atoms with Crippen molar-refractivity contribution in [3.8, 4) is 0 Å². The quantitative estimate of drug-likeness (QED) is 0.0243. The molecule has 0 aromatic rings. The molecule has 3 N–H and O–H groups in total. The second-order valence-corrected chi connectivity index (χ2v) is 25.3. The van der Waals surface area contributed by atoms with Gasteiger partial charge < -0.3 is 19.8 Å². The number of aliphatic hydroxyl groups is 1. The first-order valence-electron chi connectivity index (χ1n) is 32.6. The predicted octanol–water partition coefficient (Wildman–Crippen LogP) is 20.2. The van der Waals surface area contributed by atoms with Gasteiger partial charge in [0.2, 0.25) is 5.91 Å². The van der Waals surface area contributed by atoms with Crippen molar-refractivity contribution in [2.45, 2.75) is 353 Å². The maximum atomic E-state index is 13.0. The third-order valence-corrected chi connectivity index (χ3v) is 16.2. The Morgan fingerprint density at radius 1 is 0.452 bits per heavy atom. The molecule has 0 aromatic carbocycles. The Kier molecular flexibility index (Phi) is 55.4. The van der Waals surface area contributed by atoms with Crippen molar-refractivity contribution in [3.05, 3.63) is 12.2 Å². The van der Waals surface area contributed by atoms with Crippen LogP contribution in [0.25, 0.3) is 0 Å². The topological polar surface area (TPSA) is 105 Å². The van der Waals surface area contributed by atoms with Gasteiger partial charge >= 0.3 is 7.82 Å². The molecule has 0 aliphatic rings. The maximum Gasteiger partial charge on any atom is 0.472 e. The van der Waals surface area contributed by atoms with Gasteiger partial charge in [-0.05, 0) is 19.3 Å². The van der Waals surface area contributed by atoms with Crippen LogP contribution in [0.1, 0.15) is 341 Å². The molecule has 0 aliphatic carbocycles. The number of hydrogen-bond donors (Lipinski definition) is 3. The first-order chi connectivity index (χ1) is 35.5. The standard InChI is InChI=1S/C64H129N2O6P/c1-6-8-10-12-14-16-18-20-22-24-26-28-30-31-32-33-34-36-38-40-42-44-46-48-50-52-54-56-58-64(68)65-62(61-72-73(69,70)71-60-59-66(3,4)5)63(67)57-55-53-51-49-47-45-43-41-39-37-35-29-27-25-23-21-19-17-15-13-11-9-7-2/h55,57,62-63,67H,6-54,56,58-61H2,1-5H3,(H-,65,68,69,70)/p+1/b57-55+. The molecule has 0 saturated heterocycles. The third-order valence-electron chi connectivity index (χ3n) is 15.3. The van der Waals surface area contributed by atoms with E-state index in [0.717, 1.165) is 32.1 Å². The lowest BCUT2D eigenvalue weighted by Gasteiger charge is -2.25. The number of allylic oxidation sites excluding steroid dienone is 1. The Morgan fingerprint density at radius 2 is 0.726 bits per heavy atom. The van der Waals surface area contributed by atoms with E-state index < -0.39 is 20.0 Å². The summed E-state index contributed by atoms with van der Waals surface area (Å²) in [4.78, 5) is 23.4. The molecule has 0 rings (SSSR count). The van der Waals surface area contributed by atoms with Crippen molar-refractivity contribution < 1.29 is 32.9 Å². The lowest BCUT2D eigenvalue weighted by Crippen LogP contribution is -2.45. The average molecular weight is 1050 g/mol. The van der Waals surface area contributed by atoms with Crippen LogP contribution in [0.3, 0.4) is 0 Å². The molecule has 436 valence electrons. The summed E-state index contributed by atoms with van der Waals surface area (Å²) in [5.74, 6) is -0.168. The molecule has 0 fully saturated rings. The molecular formula is C64H130N2O6P+. The van der Waals surface area contributed by atoms with Gasteiger partial charge in [-0.2, -0.15) is 0 Å². The number of aliphatic hydroxyl groups excluding tert-OH is 1. The van der Waals surface area contributed by atoms with Crippen LogP contribution in [0.5, 0.6) is 0 Å². The summed E-state index contributed by atoms with van der Waals surface area (Å²) in [5.41, 5.74) is 0. The van der Waals surface area contributed by atoms with Crippen molar-refractivity contribution >= 4 is 13.7 Å². The van der Waals surface area contributed by atoms with Gasteiger partial charge in [-0.1, -0.05) is 328 Å². The summed E-state index contributed by atoms with van der Waals surface area (Å²) in [7, 11) is 1.59. The van der Waals surface area contributed by atoms with E-state index in [9.17, 15) is 19.4 Å². The fraction of sp³-hybridized carbons (Fsp3) is 0.953. The number of nitrogens with zero attached hydrogens (tertiary/aromatic N) is 1. The number of carbonyl (C=O) groups excluding carboxylic acids is 1. The molecular weight excluding hydrogens is 924 g/mol. The second-order valence-electron chi connectivity index (χ2n) is 23.9. The number of amides is 1. The van der Waals surface area contributed by atoms with Gasteiger partial charge in [0.1, 0.15) is 13.2 Å². The summed E-state index contributed by atoms with van der Waals surface area (Å²) < 4.78 is 23.8. The zero-order valence-electron chi connectivity index (χ0n) is 49.9. The SMILES string of the molecule is CCCCCCCCCCCCCCCCCCCCCCC/C=C/C(O)C(COP(=O)(O)OCC[N+](C)(C)C)NC(=O)CCCCCCCCCCCCCCCCCCCCCCCCCCCCCC. The monoisotopic (exact) mass is 1050 g/mol. The number of carbonyl (C=O) groups is 1. The summed E-state index contributed by atoms with van der Waals surface area (Å²) in [6.07, 6.45) is 70.5. The molecule has 3 atom stereocenters. The van der Waals surface area contributed by atoms with E-state index in [4.69, 9.17) is 9.05 Å². The second kappa shape index (κ2) is 56.0. The highest BCUT2D eigenvalue weighted by atomic mass is 31.2. The van der Waals surface area contributed by atoms with Crippen LogP contribution in [0.15, 0.2) is 12.2 Å². The molecule has 3 unspecified atom stereocenters. The molecule has 1 amide bonds. The fourth-order valence-electron chi connectivity index (χ4n) is 10.2. The molecule has 0 bridgehead atoms. The van der Waals surface area contributed by atoms with Crippen LogP contribution in [-0.4, -0.2) is 73.4 Å². The average Bonchev–Trinajstić information content (AvgIpc) is 3.35. The highest BCUT2D eigenvalue weighted by molar-refractivity contribution is 7.47. The van der Waals surface area contributed by atoms with Crippen LogP contribution in [0, 0.1) is 0 Å². The Bertz CT molecular complexity index is 1200.